The second-order valence-corrected chi connectivity index (χ2v) is 13.3. The van der Waals surface area contributed by atoms with E-state index in [1.807, 2.05) is 94.4 Å². The van der Waals surface area contributed by atoms with Gasteiger partial charge < -0.3 is 10.2 Å². The maximum atomic E-state index is 14.5. The van der Waals surface area contributed by atoms with Gasteiger partial charge in [-0.15, -0.1) is 0 Å². The molecular formula is C36H41N3O4S. The summed E-state index contributed by atoms with van der Waals surface area (Å²) in [6, 6.07) is 31.6. The van der Waals surface area contributed by atoms with Gasteiger partial charge >= 0.3 is 0 Å². The number of rotatable bonds is 13. The SMILES string of the molecule is Cc1ccc(N(CC(=O)N(Cc2ccccc2)[C@@H](Cc2ccccc2)C(=O)NCC(C)C)S(=O)(=O)c2ccccc2)cc1C. The number of benzene rings is 4. The molecule has 7 nitrogen and oxygen atoms in total. The minimum absolute atomic E-state index is 0.0798. The average molecular weight is 612 g/mol. The number of carbonyl (C=O) groups excluding carboxylic acids is 2. The van der Waals surface area contributed by atoms with Crippen molar-refractivity contribution in [2.45, 2.75) is 51.6 Å². The second-order valence-electron chi connectivity index (χ2n) is 11.4. The van der Waals surface area contributed by atoms with E-state index in [4.69, 9.17) is 0 Å². The molecule has 0 fully saturated rings. The van der Waals surface area contributed by atoms with E-state index in [-0.39, 0.29) is 29.7 Å². The Morgan fingerprint density at radius 1 is 0.750 bits per heavy atom. The van der Waals surface area contributed by atoms with Gasteiger partial charge in [0.25, 0.3) is 10.0 Å². The van der Waals surface area contributed by atoms with Gasteiger partial charge in [-0.05, 0) is 66.3 Å². The Bertz CT molecular complexity index is 1640. The summed E-state index contributed by atoms with van der Waals surface area (Å²) in [5, 5.41) is 3.01. The molecule has 0 saturated carbocycles. The molecule has 4 aromatic carbocycles. The van der Waals surface area contributed by atoms with Gasteiger partial charge in [-0.25, -0.2) is 8.42 Å². The lowest BCUT2D eigenvalue weighted by Gasteiger charge is -2.34. The maximum absolute atomic E-state index is 14.5. The lowest BCUT2D eigenvalue weighted by atomic mass is 10.0. The predicted octanol–water partition coefficient (Wildman–Crippen LogP) is 5.91. The fraction of sp³-hybridized carbons (Fsp3) is 0.278. The van der Waals surface area contributed by atoms with Gasteiger partial charge in [0.2, 0.25) is 11.8 Å². The van der Waals surface area contributed by atoms with Crippen LogP contribution in [0.4, 0.5) is 5.69 Å². The van der Waals surface area contributed by atoms with Crippen LogP contribution in [0.2, 0.25) is 0 Å². The molecule has 44 heavy (non-hydrogen) atoms. The van der Waals surface area contributed by atoms with Gasteiger partial charge in [0.15, 0.2) is 0 Å². The van der Waals surface area contributed by atoms with Crippen molar-refractivity contribution in [2.24, 2.45) is 5.92 Å². The molecular weight excluding hydrogens is 570 g/mol. The third-order valence-corrected chi connectivity index (χ3v) is 9.33. The van der Waals surface area contributed by atoms with Gasteiger partial charge in [-0.1, -0.05) is 98.8 Å². The van der Waals surface area contributed by atoms with E-state index in [0.717, 1.165) is 26.6 Å². The van der Waals surface area contributed by atoms with Crippen LogP contribution in [0, 0.1) is 19.8 Å². The standard InChI is InChI=1S/C36H41N3O4S/c1-27(2)24-37-36(41)34(23-30-14-8-5-9-15-30)38(25-31-16-10-6-11-17-31)35(40)26-39(32-21-20-28(3)29(4)22-32)44(42,43)33-18-12-7-13-19-33/h5-22,27,34H,23-26H2,1-4H3,(H,37,41)/t34-/m0/s1. The number of hydrogen-bond acceptors (Lipinski definition) is 4. The maximum Gasteiger partial charge on any atom is 0.264 e. The van der Waals surface area contributed by atoms with Crippen LogP contribution in [-0.4, -0.2) is 44.3 Å². The van der Waals surface area contributed by atoms with E-state index < -0.39 is 28.5 Å². The normalized spacial score (nSPS) is 12.0. The number of sulfonamides is 1. The Hall–Kier alpha value is -4.43. The Kier molecular flexibility index (Phi) is 11.0. The minimum atomic E-state index is -4.13. The molecule has 0 unspecified atom stereocenters. The Morgan fingerprint density at radius 3 is 1.89 bits per heavy atom. The first kappa shape index (κ1) is 32.5. The van der Waals surface area contributed by atoms with Crippen molar-refractivity contribution in [3.63, 3.8) is 0 Å². The molecule has 2 amide bonds. The molecule has 0 saturated heterocycles. The molecule has 8 heteroatoms. The first-order chi connectivity index (χ1) is 21.1. The molecule has 0 aromatic heterocycles. The molecule has 0 heterocycles. The van der Waals surface area contributed by atoms with Crippen LogP contribution >= 0.6 is 0 Å². The van der Waals surface area contributed by atoms with Crippen molar-refractivity contribution < 1.29 is 18.0 Å². The van der Waals surface area contributed by atoms with E-state index in [0.29, 0.717) is 12.2 Å². The van der Waals surface area contributed by atoms with E-state index in [9.17, 15) is 18.0 Å². The number of carbonyl (C=O) groups is 2. The van der Waals surface area contributed by atoms with Crippen LogP contribution in [0.15, 0.2) is 114 Å². The van der Waals surface area contributed by atoms with Gasteiger partial charge in [-0.2, -0.15) is 0 Å². The highest BCUT2D eigenvalue weighted by atomic mass is 32.2. The lowest BCUT2D eigenvalue weighted by Crippen LogP contribution is -2.53. The number of amides is 2. The highest BCUT2D eigenvalue weighted by molar-refractivity contribution is 7.92. The smallest absolute Gasteiger partial charge is 0.264 e. The zero-order valence-corrected chi connectivity index (χ0v) is 26.6. The first-order valence-corrected chi connectivity index (χ1v) is 16.3. The van der Waals surface area contributed by atoms with Crippen LogP contribution < -0.4 is 9.62 Å². The number of nitrogens with zero attached hydrogens (tertiary/aromatic N) is 2. The summed E-state index contributed by atoms with van der Waals surface area (Å²) in [5.41, 5.74) is 4.02. The van der Waals surface area contributed by atoms with Crippen molar-refractivity contribution in [2.75, 3.05) is 17.4 Å². The fourth-order valence-electron chi connectivity index (χ4n) is 4.89. The molecule has 1 atom stereocenters. The Morgan fingerprint density at radius 2 is 1.32 bits per heavy atom. The molecule has 0 radical (unpaired) electrons. The molecule has 0 bridgehead atoms. The largest absolute Gasteiger partial charge is 0.354 e. The molecule has 0 aliphatic carbocycles. The van der Waals surface area contributed by atoms with Crippen LogP contribution in [0.5, 0.6) is 0 Å². The quantitative estimate of drug-likeness (QED) is 0.204. The molecule has 1 N–H and O–H groups in total. The topological polar surface area (TPSA) is 86.8 Å². The van der Waals surface area contributed by atoms with Crippen molar-refractivity contribution in [1.29, 1.82) is 0 Å². The average Bonchev–Trinajstić information content (AvgIpc) is 3.03. The zero-order valence-electron chi connectivity index (χ0n) is 25.8. The molecule has 0 spiro atoms. The summed E-state index contributed by atoms with van der Waals surface area (Å²) >= 11 is 0. The molecule has 4 rings (SSSR count). The van der Waals surface area contributed by atoms with Crippen LogP contribution in [-0.2, 0) is 32.6 Å². The predicted molar refractivity (Wildman–Crippen MR) is 176 cm³/mol. The minimum Gasteiger partial charge on any atom is -0.354 e. The fourth-order valence-corrected chi connectivity index (χ4v) is 6.31. The number of hydrogen-bond donors (Lipinski definition) is 1. The molecule has 0 aliphatic rings. The summed E-state index contributed by atoms with van der Waals surface area (Å²) in [4.78, 5) is 29.9. The summed E-state index contributed by atoms with van der Waals surface area (Å²) in [6.07, 6.45) is 0.276. The third-order valence-electron chi connectivity index (χ3n) is 7.54. The Labute approximate surface area is 261 Å². The summed E-state index contributed by atoms with van der Waals surface area (Å²) < 4.78 is 29.3. The van der Waals surface area contributed by atoms with E-state index in [1.165, 1.54) is 17.0 Å². The number of aryl methyl sites for hydroxylation is 2. The lowest BCUT2D eigenvalue weighted by molar-refractivity contribution is -0.140. The van der Waals surface area contributed by atoms with Gasteiger partial charge in [0.1, 0.15) is 12.6 Å². The summed E-state index contributed by atoms with van der Waals surface area (Å²) in [5.74, 6) is -0.548. The van der Waals surface area contributed by atoms with Crippen molar-refractivity contribution in [3.05, 3.63) is 131 Å². The highest BCUT2D eigenvalue weighted by Gasteiger charge is 2.34. The van der Waals surface area contributed by atoms with Crippen LogP contribution in [0.3, 0.4) is 0 Å². The van der Waals surface area contributed by atoms with E-state index in [1.54, 1.807) is 30.3 Å². The van der Waals surface area contributed by atoms with Crippen LogP contribution in [0.25, 0.3) is 0 Å². The van der Waals surface area contributed by atoms with Crippen LogP contribution in [0.1, 0.15) is 36.1 Å². The summed E-state index contributed by atoms with van der Waals surface area (Å²) in [6.45, 7) is 7.99. The zero-order chi connectivity index (χ0) is 31.7. The number of nitrogens with one attached hydrogen (secondary N) is 1. The van der Waals surface area contributed by atoms with E-state index in [2.05, 4.69) is 5.32 Å². The third kappa shape index (κ3) is 8.35. The van der Waals surface area contributed by atoms with Gasteiger partial charge in [0.05, 0.1) is 10.6 Å². The van der Waals surface area contributed by atoms with Gasteiger partial charge in [-0.3, -0.25) is 13.9 Å². The van der Waals surface area contributed by atoms with E-state index >= 15 is 0 Å². The van der Waals surface area contributed by atoms with Crippen molar-refractivity contribution in [3.8, 4) is 0 Å². The summed E-state index contributed by atoms with van der Waals surface area (Å²) in [7, 11) is -4.13. The Balaban J connectivity index is 1.79. The van der Waals surface area contributed by atoms with Crippen molar-refractivity contribution >= 4 is 27.5 Å². The first-order valence-electron chi connectivity index (χ1n) is 14.9. The monoisotopic (exact) mass is 611 g/mol. The molecule has 0 aliphatic heterocycles. The molecule has 4 aromatic rings. The van der Waals surface area contributed by atoms with Crippen molar-refractivity contribution in [1.82, 2.24) is 10.2 Å². The number of anilines is 1. The molecule has 230 valence electrons. The van der Waals surface area contributed by atoms with Gasteiger partial charge in [0, 0.05) is 19.5 Å². The second kappa shape index (κ2) is 14.8. The highest BCUT2D eigenvalue weighted by Crippen LogP contribution is 2.27.